The second kappa shape index (κ2) is 6.55. The van der Waals surface area contributed by atoms with Crippen LogP contribution in [-0.2, 0) is 4.74 Å². The number of hydrogen-bond acceptors (Lipinski definition) is 4. The summed E-state index contributed by atoms with van der Waals surface area (Å²) in [5.41, 5.74) is 0. The van der Waals surface area contributed by atoms with Gasteiger partial charge < -0.3 is 20.3 Å². The minimum Gasteiger partial charge on any atom is -0.374 e. The molecule has 0 amide bonds. The molecule has 4 nitrogen and oxygen atoms in total. The van der Waals surface area contributed by atoms with Crippen LogP contribution in [0.15, 0.2) is 0 Å². The fourth-order valence-electron chi connectivity index (χ4n) is 2.52. The highest BCUT2D eigenvalue weighted by molar-refractivity contribution is 4.74. The van der Waals surface area contributed by atoms with Gasteiger partial charge in [0.05, 0.1) is 12.7 Å². The molecule has 16 heavy (non-hydrogen) atoms. The maximum atomic E-state index is 5.72. The quantitative estimate of drug-likeness (QED) is 0.703. The van der Waals surface area contributed by atoms with Crippen molar-refractivity contribution in [3.63, 3.8) is 0 Å². The number of rotatable bonds is 4. The van der Waals surface area contributed by atoms with E-state index in [1.807, 2.05) is 0 Å². The van der Waals surface area contributed by atoms with Gasteiger partial charge in [0.25, 0.3) is 0 Å². The van der Waals surface area contributed by atoms with Crippen molar-refractivity contribution in [2.75, 3.05) is 52.9 Å². The van der Waals surface area contributed by atoms with E-state index < -0.39 is 0 Å². The lowest BCUT2D eigenvalue weighted by Gasteiger charge is -2.31. The van der Waals surface area contributed by atoms with Crippen molar-refractivity contribution in [1.29, 1.82) is 0 Å². The molecular weight excluding hydrogens is 202 g/mol. The van der Waals surface area contributed by atoms with Crippen molar-refractivity contribution < 1.29 is 4.74 Å². The first-order valence-corrected chi connectivity index (χ1v) is 6.56. The highest BCUT2D eigenvalue weighted by Gasteiger charge is 2.18. The molecule has 0 aromatic carbocycles. The molecule has 2 aliphatic heterocycles. The van der Waals surface area contributed by atoms with Crippen LogP contribution in [0.4, 0.5) is 0 Å². The van der Waals surface area contributed by atoms with E-state index in [0.29, 0.717) is 6.10 Å². The summed E-state index contributed by atoms with van der Waals surface area (Å²) in [5, 5.41) is 6.97. The maximum Gasteiger partial charge on any atom is 0.0826 e. The summed E-state index contributed by atoms with van der Waals surface area (Å²) >= 11 is 0. The van der Waals surface area contributed by atoms with Gasteiger partial charge >= 0.3 is 0 Å². The second-order valence-corrected chi connectivity index (χ2v) is 5.11. The first-order chi connectivity index (χ1) is 7.84. The molecule has 1 unspecified atom stereocenters. The van der Waals surface area contributed by atoms with Crippen molar-refractivity contribution in [3.8, 4) is 0 Å². The lowest BCUT2D eigenvalue weighted by molar-refractivity contribution is -0.0184. The fraction of sp³-hybridized carbons (Fsp3) is 1.00. The average molecular weight is 227 g/mol. The number of hydrogen-bond donors (Lipinski definition) is 2. The van der Waals surface area contributed by atoms with Crippen molar-refractivity contribution in [1.82, 2.24) is 15.5 Å². The Kier molecular flexibility index (Phi) is 5.03. The van der Waals surface area contributed by atoms with E-state index in [1.54, 1.807) is 0 Å². The average Bonchev–Trinajstić information content (AvgIpc) is 2.30. The number of nitrogens with zero attached hydrogens (tertiary/aromatic N) is 1. The van der Waals surface area contributed by atoms with E-state index in [0.717, 1.165) is 38.7 Å². The summed E-state index contributed by atoms with van der Waals surface area (Å²) in [6.07, 6.45) is 3.03. The summed E-state index contributed by atoms with van der Waals surface area (Å²) < 4.78 is 5.72. The summed E-state index contributed by atoms with van der Waals surface area (Å²) in [4.78, 5) is 2.35. The van der Waals surface area contributed by atoms with E-state index in [2.05, 4.69) is 22.6 Å². The largest absolute Gasteiger partial charge is 0.374 e. The number of morpholine rings is 1. The zero-order valence-corrected chi connectivity index (χ0v) is 10.4. The molecule has 2 aliphatic rings. The standard InChI is InChI=1S/C12H25N3O/c1-15-6-7-16-12(10-15)9-14-8-11-2-4-13-5-3-11/h11-14H,2-10H2,1H3. The molecule has 4 heteroatoms. The van der Waals surface area contributed by atoms with Gasteiger partial charge in [0.2, 0.25) is 0 Å². The molecule has 0 saturated carbocycles. The molecule has 0 aromatic rings. The molecule has 94 valence electrons. The number of piperidine rings is 1. The van der Waals surface area contributed by atoms with Crippen LogP contribution in [0, 0.1) is 5.92 Å². The van der Waals surface area contributed by atoms with Crippen LogP contribution in [0.2, 0.25) is 0 Å². The lowest BCUT2D eigenvalue weighted by Crippen LogP contribution is -2.46. The third kappa shape index (κ3) is 4.01. The van der Waals surface area contributed by atoms with Crippen molar-refractivity contribution in [2.24, 2.45) is 5.92 Å². The highest BCUT2D eigenvalue weighted by Crippen LogP contribution is 2.10. The molecule has 2 heterocycles. The lowest BCUT2D eigenvalue weighted by atomic mass is 9.98. The van der Waals surface area contributed by atoms with E-state index in [9.17, 15) is 0 Å². The molecule has 1 atom stereocenters. The zero-order valence-electron chi connectivity index (χ0n) is 10.4. The predicted octanol–water partition coefficient (Wildman–Crippen LogP) is -0.0938. The normalized spacial score (nSPS) is 29.4. The van der Waals surface area contributed by atoms with E-state index in [-0.39, 0.29) is 0 Å². The summed E-state index contributed by atoms with van der Waals surface area (Å²) in [6.45, 7) is 7.57. The van der Waals surface area contributed by atoms with E-state index in [1.165, 1.54) is 25.9 Å². The van der Waals surface area contributed by atoms with Crippen LogP contribution in [0.3, 0.4) is 0 Å². The van der Waals surface area contributed by atoms with E-state index >= 15 is 0 Å². The summed E-state index contributed by atoms with van der Waals surface area (Å²) in [7, 11) is 2.17. The van der Waals surface area contributed by atoms with Gasteiger partial charge in [-0.25, -0.2) is 0 Å². The molecule has 0 radical (unpaired) electrons. The van der Waals surface area contributed by atoms with Crippen LogP contribution >= 0.6 is 0 Å². The van der Waals surface area contributed by atoms with Gasteiger partial charge in [-0.3, -0.25) is 0 Å². The van der Waals surface area contributed by atoms with Gasteiger partial charge in [-0.15, -0.1) is 0 Å². The monoisotopic (exact) mass is 227 g/mol. The predicted molar refractivity (Wildman–Crippen MR) is 65.7 cm³/mol. The molecule has 2 saturated heterocycles. The number of likely N-dealkylation sites (N-methyl/N-ethyl adjacent to an activating group) is 1. The summed E-state index contributed by atoms with van der Waals surface area (Å²) in [6, 6.07) is 0. The fourth-order valence-corrected chi connectivity index (χ4v) is 2.52. The molecular formula is C12H25N3O. The maximum absolute atomic E-state index is 5.72. The van der Waals surface area contributed by atoms with Crippen LogP contribution in [-0.4, -0.2) is 63.9 Å². The SMILES string of the molecule is CN1CCOC(CNCC2CCNCC2)C1. The van der Waals surface area contributed by atoms with Crippen LogP contribution in [0.1, 0.15) is 12.8 Å². The Morgan fingerprint density at radius 1 is 1.31 bits per heavy atom. The van der Waals surface area contributed by atoms with Crippen LogP contribution in [0.5, 0.6) is 0 Å². The van der Waals surface area contributed by atoms with Gasteiger partial charge in [0.15, 0.2) is 0 Å². The first kappa shape index (κ1) is 12.3. The molecule has 0 aromatic heterocycles. The second-order valence-electron chi connectivity index (χ2n) is 5.11. The Hall–Kier alpha value is -0.160. The number of nitrogens with one attached hydrogen (secondary N) is 2. The molecule has 2 rings (SSSR count). The van der Waals surface area contributed by atoms with Gasteiger partial charge in [-0.1, -0.05) is 0 Å². The minimum atomic E-state index is 0.389. The third-order valence-corrected chi connectivity index (χ3v) is 3.61. The molecule has 2 N–H and O–H groups in total. The first-order valence-electron chi connectivity index (χ1n) is 6.56. The minimum absolute atomic E-state index is 0.389. The Bertz CT molecular complexity index is 195. The third-order valence-electron chi connectivity index (χ3n) is 3.61. The van der Waals surface area contributed by atoms with Crippen LogP contribution in [0.25, 0.3) is 0 Å². The van der Waals surface area contributed by atoms with E-state index in [4.69, 9.17) is 4.74 Å². The zero-order chi connectivity index (χ0) is 11.2. The molecule has 0 bridgehead atoms. The summed E-state index contributed by atoms with van der Waals surface area (Å²) in [5.74, 6) is 0.863. The molecule has 0 aliphatic carbocycles. The Balaban J connectivity index is 1.56. The Morgan fingerprint density at radius 2 is 2.12 bits per heavy atom. The smallest absolute Gasteiger partial charge is 0.0826 e. The Labute approximate surface area is 98.7 Å². The van der Waals surface area contributed by atoms with Crippen molar-refractivity contribution >= 4 is 0 Å². The molecule has 0 spiro atoms. The van der Waals surface area contributed by atoms with Crippen molar-refractivity contribution in [2.45, 2.75) is 18.9 Å². The topological polar surface area (TPSA) is 36.5 Å². The van der Waals surface area contributed by atoms with Gasteiger partial charge in [0.1, 0.15) is 0 Å². The van der Waals surface area contributed by atoms with Crippen molar-refractivity contribution in [3.05, 3.63) is 0 Å². The highest BCUT2D eigenvalue weighted by atomic mass is 16.5. The van der Waals surface area contributed by atoms with Gasteiger partial charge in [0, 0.05) is 19.6 Å². The van der Waals surface area contributed by atoms with Crippen LogP contribution < -0.4 is 10.6 Å². The van der Waals surface area contributed by atoms with Gasteiger partial charge in [-0.2, -0.15) is 0 Å². The molecule has 2 fully saturated rings. The van der Waals surface area contributed by atoms with Gasteiger partial charge in [-0.05, 0) is 45.4 Å². The Morgan fingerprint density at radius 3 is 2.88 bits per heavy atom. The number of ether oxygens (including phenoxy) is 1.